The predicted molar refractivity (Wildman–Crippen MR) is 218 cm³/mol. The molecule has 2 aromatic heterocycles. The van der Waals surface area contributed by atoms with E-state index in [0.29, 0.717) is 36.1 Å². The van der Waals surface area contributed by atoms with Gasteiger partial charge in [-0.1, -0.05) is 12.1 Å². The quantitative estimate of drug-likeness (QED) is 0.0959. The Morgan fingerprint density at radius 3 is 1.47 bits per heavy atom. The molecule has 7 rings (SSSR count). The van der Waals surface area contributed by atoms with E-state index >= 15 is 0 Å². The molecule has 1 fully saturated rings. The van der Waals surface area contributed by atoms with Crippen LogP contribution in [0.4, 0.5) is 22.7 Å². The molecule has 1 saturated carbocycles. The minimum atomic E-state index is -0.978. The summed E-state index contributed by atoms with van der Waals surface area (Å²) in [5.41, 5.74) is 5.37. The van der Waals surface area contributed by atoms with Gasteiger partial charge in [0.1, 0.15) is 12.7 Å². The van der Waals surface area contributed by atoms with E-state index in [1.165, 1.54) is 12.7 Å². The van der Waals surface area contributed by atoms with Crippen molar-refractivity contribution in [2.45, 2.75) is 52.0 Å². The van der Waals surface area contributed by atoms with Crippen LogP contribution in [0.25, 0.3) is 0 Å². The highest BCUT2D eigenvalue weighted by Crippen LogP contribution is 2.39. The Balaban J connectivity index is 0.000000196. The number of carboxylic acid groups (broad SMARTS) is 2. The molecule has 1 aliphatic rings. The number of anilines is 4. The minimum absolute atomic E-state index is 0.0227. The summed E-state index contributed by atoms with van der Waals surface area (Å²) < 4.78 is 22.8. The van der Waals surface area contributed by atoms with Gasteiger partial charge in [0.2, 0.25) is 0 Å². The lowest BCUT2D eigenvalue weighted by Crippen LogP contribution is -2.18. The number of hydrogen-bond donors (Lipinski definition) is 2. The zero-order valence-electron chi connectivity index (χ0n) is 32.6. The first-order valence-electron chi connectivity index (χ1n) is 18.5. The maximum Gasteiger partial charge on any atom is 0.335 e. The molecule has 0 spiro atoms. The van der Waals surface area contributed by atoms with Gasteiger partial charge >= 0.3 is 11.9 Å². The molecule has 1 aliphatic carbocycles. The number of hydrogen-bond acceptors (Lipinski definition) is 12. The van der Waals surface area contributed by atoms with Gasteiger partial charge in [-0.2, -0.15) is 0 Å². The second-order valence-corrected chi connectivity index (χ2v) is 13.5. The maximum atomic E-state index is 11.5. The first kappa shape index (κ1) is 40.4. The smallest absolute Gasteiger partial charge is 0.335 e. The van der Waals surface area contributed by atoms with Crippen molar-refractivity contribution in [3.05, 3.63) is 145 Å². The van der Waals surface area contributed by atoms with E-state index in [2.05, 4.69) is 19.9 Å². The van der Waals surface area contributed by atoms with Crippen LogP contribution < -0.4 is 28.7 Å². The van der Waals surface area contributed by atoms with Crippen LogP contribution in [0.3, 0.4) is 0 Å². The van der Waals surface area contributed by atoms with Gasteiger partial charge in [0.25, 0.3) is 0 Å². The number of aromatic nitrogens is 4. The molecular formula is C44H44N6O8. The van der Waals surface area contributed by atoms with Crippen LogP contribution in [-0.4, -0.2) is 68.5 Å². The largest absolute Gasteiger partial charge is 0.493 e. The number of aromatic carboxylic acids is 2. The van der Waals surface area contributed by atoms with Crippen LogP contribution in [0.5, 0.6) is 23.0 Å². The second-order valence-electron chi connectivity index (χ2n) is 13.5. The van der Waals surface area contributed by atoms with Crippen LogP contribution in [-0.2, 0) is 13.1 Å². The number of benzene rings is 4. The molecular weight excluding hydrogens is 741 g/mol. The molecule has 0 unspecified atom stereocenters. The first-order valence-corrected chi connectivity index (χ1v) is 18.5. The molecule has 0 atom stereocenters. The fourth-order valence-electron chi connectivity index (χ4n) is 5.94. The van der Waals surface area contributed by atoms with Crippen LogP contribution in [0.15, 0.2) is 122 Å². The SMILES string of the molecule is COc1ccc(N(Cc2cncnc2)c2cccc(C(=O)O)c2)cc1OC(C)C.COc1ccc(N(Cc2cncnc2)c2cccc(C(=O)O)c2)cc1OC1CC1. The van der Waals surface area contributed by atoms with Gasteiger partial charge in [-0.15, -0.1) is 0 Å². The van der Waals surface area contributed by atoms with Crippen LogP contribution >= 0.6 is 0 Å². The third-order valence-electron chi connectivity index (χ3n) is 8.82. The number of ether oxygens (including phenoxy) is 4. The summed E-state index contributed by atoms with van der Waals surface area (Å²) in [5.74, 6) is 0.642. The van der Waals surface area contributed by atoms with E-state index in [-0.39, 0.29) is 23.3 Å². The molecule has 298 valence electrons. The van der Waals surface area contributed by atoms with Crippen molar-refractivity contribution in [2.24, 2.45) is 0 Å². The summed E-state index contributed by atoms with van der Waals surface area (Å²) >= 11 is 0. The first-order chi connectivity index (χ1) is 28.1. The highest BCUT2D eigenvalue weighted by molar-refractivity contribution is 5.90. The summed E-state index contributed by atoms with van der Waals surface area (Å²) in [4.78, 5) is 43.2. The topological polar surface area (TPSA) is 170 Å². The molecule has 2 N–H and O–H groups in total. The predicted octanol–water partition coefficient (Wildman–Crippen LogP) is 8.37. The zero-order chi connectivity index (χ0) is 41.0. The molecule has 14 nitrogen and oxygen atoms in total. The van der Waals surface area contributed by atoms with Crippen LogP contribution in [0, 0.1) is 0 Å². The van der Waals surface area contributed by atoms with Crippen molar-refractivity contribution in [1.29, 1.82) is 0 Å². The van der Waals surface area contributed by atoms with E-state index in [0.717, 1.165) is 46.7 Å². The summed E-state index contributed by atoms with van der Waals surface area (Å²) in [5, 5.41) is 18.8. The average Bonchev–Trinajstić information content (AvgIpc) is 4.07. The van der Waals surface area contributed by atoms with Crippen molar-refractivity contribution < 1.29 is 38.7 Å². The Hall–Kier alpha value is -7.22. The lowest BCUT2D eigenvalue weighted by atomic mass is 10.1. The Labute approximate surface area is 336 Å². The lowest BCUT2D eigenvalue weighted by Gasteiger charge is -2.26. The molecule has 0 radical (unpaired) electrons. The van der Waals surface area contributed by atoms with Gasteiger partial charge in [-0.25, -0.2) is 29.5 Å². The van der Waals surface area contributed by atoms with E-state index in [1.807, 2.05) is 72.2 Å². The highest BCUT2D eigenvalue weighted by atomic mass is 16.5. The molecule has 0 saturated heterocycles. The van der Waals surface area contributed by atoms with E-state index in [4.69, 9.17) is 18.9 Å². The number of carbonyl (C=O) groups is 2. The molecule has 14 heteroatoms. The van der Waals surface area contributed by atoms with Crippen molar-refractivity contribution in [2.75, 3.05) is 24.0 Å². The normalized spacial score (nSPS) is 11.8. The highest BCUT2D eigenvalue weighted by Gasteiger charge is 2.26. The fraction of sp³-hybridized carbons (Fsp3) is 0.227. The summed E-state index contributed by atoms with van der Waals surface area (Å²) in [6, 6.07) is 25.0. The average molecular weight is 785 g/mol. The molecule has 58 heavy (non-hydrogen) atoms. The third-order valence-corrected chi connectivity index (χ3v) is 8.82. The standard InChI is InChI=1S/C22H21N3O4.C22H23N3O4/c1-28-20-8-5-18(10-21(20)29-19-6-7-19)25(13-15-11-23-14-24-12-15)17-4-2-3-16(9-17)22(26)27;1-15(2)29-21-10-19(7-8-20(21)28-3)25(13-16-11-23-14-24-12-16)18-6-4-5-17(9-18)22(26)27/h2-5,8-12,14,19H,6-7,13H2,1H3,(H,26,27);4-12,14-15H,13H2,1-3H3,(H,26,27). The minimum Gasteiger partial charge on any atom is -0.493 e. The monoisotopic (exact) mass is 784 g/mol. The van der Waals surface area contributed by atoms with Gasteiger partial charge < -0.3 is 39.0 Å². The van der Waals surface area contributed by atoms with E-state index < -0.39 is 11.9 Å². The maximum absolute atomic E-state index is 11.5. The molecule has 0 amide bonds. The second kappa shape index (κ2) is 19.1. The fourth-order valence-corrected chi connectivity index (χ4v) is 5.94. The summed E-state index contributed by atoms with van der Waals surface area (Å²) in [6.07, 6.45) is 12.2. The van der Waals surface area contributed by atoms with E-state index in [1.54, 1.807) is 75.4 Å². The van der Waals surface area contributed by atoms with Gasteiger partial charge in [-0.3, -0.25) is 0 Å². The summed E-state index contributed by atoms with van der Waals surface area (Å²) in [7, 11) is 3.21. The molecule has 6 aromatic rings. The van der Waals surface area contributed by atoms with Crippen molar-refractivity contribution in [3.8, 4) is 23.0 Å². The van der Waals surface area contributed by atoms with E-state index in [9.17, 15) is 19.8 Å². The van der Waals surface area contributed by atoms with Gasteiger partial charge in [0.15, 0.2) is 23.0 Å². The number of nitrogens with zero attached hydrogens (tertiary/aromatic N) is 6. The molecule has 4 aromatic carbocycles. The Morgan fingerprint density at radius 1 is 0.621 bits per heavy atom. The van der Waals surface area contributed by atoms with Crippen LogP contribution in [0.2, 0.25) is 0 Å². The lowest BCUT2D eigenvalue weighted by molar-refractivity contribution is 0.0686. The number of methoxy groups -OCH3 is 2. The molecule has 0 bridgehead atoms. The van der Waals surface area contributed by atoms with Gasteiger partial charge in [0.05, 0.1) is 50.6 Å². The molecule has 2 heterocycles. The van der Waals surface area contributed by atoms with Gasteiger partial charge in [-0.05, 0) is 87.4 Å². The Morgan fingerprint density at radius 2 is 1.05 bits per heavy atom. The van der Waals surface area contributed by atoms with Gasteiger partial charge in [0, 0.05) is 70.8 Å². The summed E-state index contributed by atoms with van der Waals surface area (Å²) in [6.45, 7) is 4.82. The Bertz CT molecular complexity index is 2150. The Kier molecular flexibility index (Phi) is 13.3. The van der Waals surface area contributed by atoms with Crippen LogP contribution in [0.1, 0.15) is 58.5 Å². The van der Waals surface area contributed by atoms with Crippen molar-refractivity contribution in [1.82, 2.24) is 19.9 Å². The van der Waals surface area contributed by atoms with Crippen molar-refractivity contribution >= 4 is 34.7 Å². The van der Waals surface area contributed by atoms with Crippen molar-refractivity contribution in [3.63, 3.8) is 0 Å². The third kappa shape index (κ3) is 10.8. The molecule has 0 aliphatic heterocycles. The number of carboxylic acids is 2. The number of rotatable bonds is 16. The zero-order valence-corrected chi connectivity index (χ0v) is 32.6.